The first-order valence-corrected chi connectivity index (χ1v) is 11.1. The molecule has 3 rings (SSSR count). The van der Waals surface area contributed by atoms with Gasteiger partial charge in [0.1, 0.15) is 0 Å². The van der Waals surface area contributed by atoms with Crippen LogP contribution in [0.25, 0.3) is 0 Å². The van der Waals surface area contributed by atoms with Crippen molar-refractivity contribution < 1.29 is 17.9 Å². The monoisotopic (exact) mass is 417 g/mol. The van der Waals surface area contributed by atoms with Gasteiger partial charge in [-0.3, -0.25) is 4.90 Å². The zero-order valence-corrected chi connectivity index (χ0v) is 17.4. The van der Waals surface area contributed by atoms with Crippen LogP contribution in [-0.4, -0.2) is 75.8 Å². The summed E-state index contributed by atoms with van der Waals surface area (Å²) in [7, 11) is -3.60. The minimum absolute atomic E-state index is 0.121. The van der Waals surface area contributed by atoms with Gasteiger partial charge in [0.25, 0.3) is 10.2 Å². The van der Waals surface area contributed by atoms with Crippen LogP contribution < -0.4 is 4.72 Å². The van der Waals surface area contributed by atoms with E-state index in [1.54, 1.807) is 0 Å². The van der Waals surface area contributed by atoms with Crippen LogP contribution in [-0.2, 0) is 19.7 Å². The molecule has 27 heavy (non-hydrogen) atoms. The first kappa shape index (κ1) is 21.0. The normalized spacial score (nSPS) is 26.8. The van der Waals surface area contributed by atoms with Crippen molar-refractivity contribution in [2.75, 3.05) is 45.9 Å². The molecule has 1 N–H and O–H groups in total. The first-order chi connectivity index (χ1) is 12.9. The van der Waals surface area contributed by atoms with Gasteiger partial charge in [0.15, 0.2) is 0 Å². The highest BCUT2D eigenvalue weighted by Crippen LogP contribution is 2.28. The van der Waals surface area contributed by atoms with Gasteiger partial charge in [-0.2, -0.15) is 12.7 Å². The quantitative estimate of drug-likeness (QED) is 0.762. The predicted molar refractivity (Wildman–Crippen MR) is 105 cm³/mol. The molecule has 2 aliphatic rings. The predicted octanol–water partition coefficient (Wildman–Crippen LogP) is 1.66. The molecule has 1 aromatic rings. The molecule has 0 aromatic heterocycles. The van der Waals surface area contributed by atoms with E-state index in [9.17, 15) is 8.42 Å². The largest absolute Gasteiger partial charge is 0.379 e. The number of rotatable bonds is 6. The standard InChI is InChI=1S/C18H28ClN3O4S/c1-14-12-22(13-15(2)26-14)27(23,24)20-11-18(21-7-9-25-10-8-21)16-5-3-4-6-17(16)19/h3-6,14-15,18,20H,7-13H2,1-2H3. The number of hydrogen-bond acceptors (Lipinski definition) is 5. The molecule has 0 radical (unpaired) electrons. The average molecular weight is 418 g/mol. The molecule has 0 aliphatic carbocycles. The summed E-state index contributed by atoms with van der Waals surface area (Å²) >= 11 is 6.41. The fraction of sp³-hybridized carbons (Fsp3) is 0.667. The number of ether oxygens (including phenoxy) is 2. The minimum atomic E-state index is -3.60. The summed E-state index contributed by atoms with van der Waals surface area (Å²) in [5.41, 5.74) is 0.924. The maximum Gasteiger partial charge on any atom is 0.279 e. The molecule has 2 saturated heterocycles. The van der Waals surface area contributed by atoms with Crippen LogP contribution in [0.15, 0.2) is 24.3 Å². The van der Waals surface area contributed by atoms with Crippen molar-refractivity contribution in [3.8, 4) is 0 Å². The Bertz CT molecular complexity index is 717. The molecule has 3 unspecified atom stereocenters. The molecule has 1 aromatic carbocycles. The fourth-order valence-corrected chi connectivity index (χ4v) is 5.30. The summed E-state index contributed by atoms with van der Waals surface area (Å²) in [5, 5.41) is 0.641. The minimum Gasteiger partial charge on any atom is -0.379 e. The maximum absolute atomic E-state index is 12.9. The maximum atomic E-state index is 12.9. The Hall–Kier alpha value is -0.740. The van der Waals surface area contributed by atoms with Crippen molar-refractivity contribution in [1.29, 1.82) is 0 Å². The summed E-state index contributed by atoms with van der Waals surface area (Å²) in [6, 6.07) is 7.45. The topological polar surface area (TPSA) is 71.1 Å². The van der Waals surface area contributed by atoms with Crippen LogP contribution >= 0.6 is 11.6 Å². The van der Waals surface area contributed by atoms with Crippen molar-refractivity contribution in [1.82, 2.24) is 13.9 Å². The van der Waals surface area contributed by atoms with E-state index in [1.165, 1.54) is 4.31 Å². The summed E-state index contributed by atoms with van der Waals surface area (Å²) in [4.78, 5) is 2.22. The van der Waals surface area contributed by atoms with Gasteiger partial charge in [-0.1, -0.05) is 29.8 Å². The lowest BCUT2D eigenvalue weighted by Crippen LogP contribution is -2.53. The molecule has 7 nitrogen and oxygen atoms in total. The summed E-state index contributed by atoms with van der Waals surface area (Å²) in [6.45, 7) is 7.48. The van der Waals surface area contributed by atoms with E-state index >= 15 is 0 Å². The third kappa shape index (κ3) is 5.41. The van der Waals surface area contributed by atoms with Crippen molar-refractivity contribution in [2.45, 2.75) is 32.1 Å². The van der Waals surface area contributed by atoms with E-state index in [4.69, 9.17) is 21.1 Å². The van der Waals surface area contributed by atoms with Gasteiger partial charge in [0.05, 0.1) is 31.5 Å². The summed E-state index contributed by atoms with van der Waals surface area (Å²) in [6.07, 6.45) is -0.243. The van der Waals surface area contributed by atoms with Gasteiger partial charge in [-0.15, -0.1) is 0 Å². The molecule has 0 saturated carbocycles. The SMILES string of the molecule is CC1CN(S(=O)(=O)NCC(c2ccccc2Cl)N2CCOCC2)CC(C)O1. The smallest absolute Gasteiger partial charge is 0.279 e. The summed E-state index contributed by atoms with van der Waals surface area (Å²) in [5.74, 6) is 0. The Balaban J connectivity index is 1.75. The molecule has 2 heterocycles. The molecular formula is C18H28ClN3O4S. The summed E-state index contributed by atoms with van der Waals surface area (Å²) < 4.78 is 41.1. The fourth-order valence-electron chi connectivity index (χ4n) is 3.67. The second-order valence-electron chi connectivity index (χ2n) is 7.11. The lowest BCUT2D eigenvalue weighted by Gasteiger charge is -2.37. The molecule has 9 heteroatoms. The molecule has 0 spiro atoms. The third-order valence-electron chi connectivity index (χ3n) is 4.94. The second-order valence-corrected chi connectivity index (χ2v) is 9.28. The number of nitrogens with zero attached hydrogens (tertiary/aromatic N) is 2. The first-order valence-electron chi connectivity index (χ1n) is 9.33. The second kappa shape index (κ2) is 9.17. The molecule has 0 amide bonds. The van der Waals surface area contributed by atoms with Gasteiger partial charge in [-0.05, 0) is 25.5 Å². The Labute approximate surface area is 166 Å². The number of morpholine rings is 2. The lowest BCUT2D eigenvalue weighted by atomic mass is 10.0. The molecular weight excluding hydrogens is 390 g/mol. The molecule has 2 fully saturated rings. The molecule has 2 aliphatic heterocycles. The van der Waals surface area contributed by atoms with Crippen LogP contribution in [0, 0.1) is 0 Å². The van der Waals surface area contributed by atoms with E-state index in [2.05, 4.69) is 9.62 Å². The van der Waals surface area contributed by atoms with Crippen molar-refractivity contribution in [3.05, 3.63) is 34.9 Å². The average Bonchev–Trinajstić information content (AvgIpc) is 2.63. The number of nitrogens with one attached hydrogen (secondary N) is 1. The lowest BCUT2D eigenvalue weighted by molar-refractivity contribution is -0.0444. The highest BCUT2D eigenvalue weighted by molar-refractivity contribution is 7.87. The molecule has 3 atom stereocenters. The van der Waals surface area contributed by atoms with Crippen LogP contribution in [0.1, 0.15) is 25.5 Å². The van der Waals surface area contributed by atoms with Gasteiger partial charge < -0.3 is 9.47 Å². The van der Waals surface area contributed by atoms with E-state index < -0.39 is 10.2 Å². The zero-order valence-electron chi connectivity index (χ0n) is 15.8. The van der Waals surface area contributed by atoms with E-state index in [1.807, 2.05) is 38.1 Å². The van der Waals surface area contributed by atoms with Crippen LogP contribution in [0.4, 0.5) is 0 Å². The number of hydrogen-bond donors (Lipinski definition) is 1. The van der Waals surface area contributed by atoms with Gasteiger partial charge >= 0.3 is 0 Å². The number of halogens is 1. The van der Waals surface area contributed by atoms with Crippen molar-refractivity contribution in [2.24, 2.45) is 0 Å². The van der Waals surface area contributed by atoms with E-state index in [0.29, 0.717) is 31.3 Å². The van der Waals surface area contributed by atoms with Crippen molar-refractivity contribution in [3.63, 3.8) is 0 Å². The highest BCUT2D eigenvalue weighted by Gasteiger charge is 2.32. The van der Waals surface area contributed by atoms with Crippen LogP contribution in [0.5, 0.6) is 0 Å². The Morgan fingerprint density at radius 3 is 2.44 bits per heavy atom. The Morgan fingerprint density at radius 1 is 1.19 bits per heavy atom. The van der Waals surface area contributed by atoms with Crippen molar-refractivity contribution >= 4 is 21.8 Å². The van der Waals surface area contributed by atoms with Crippen LogP contribution in [0.2, 0.25) is 5.02 Å². The highest BCUT2D eigenvalue weighted by atomic mass is 35.5. The van der Waals surface area contributed by atoms with Gasteiger partial charge in [0, 0.05) is 37.7 Å². The molecule has 152 valence electrons. The number of benzene rings is 1. The van der Waals surface area contributed by atoms with E-state index in [0.717, 1.165) is 18.7 Å². The Kier molecular flexibility index (Phi) is 7.13. The van der Waals surface area contributed by atoms with E-state index in [-0.39, 0.29) is 24.8 Å². The zero-order chi connectivity index (χ0) is 19.4. The Morgan fingerprint density at radius 2 is 1.81 bits per heavy atom. The van der Waals surface area contributed by atoms with Gasteiger partial charge in [0.2, 0.25) is 0 Å². The third-order valence-corrected chi connectivity index (χ3v) is 6.79. The van der Waals surface area contributed by atoms with Crippen LogP contribution in [0.3, 0.4) is 0 Å². The van der Waals surface area contributed by atoms with Gasteiger partial charge in [-0.25, -0.2) is 4.72 Å². The molecule has 0 bridgehead atoms.